The largest absolute Gasteiger partial charge is 0.465 e. The van der Waals surface area contributed by atoms with Crippen LogP contribution in [0.3, 0.4) is 0 Å². The van der Waals surface area contributed by atoms with Crippen LogP contribution in [-0.2, 0) is 11.3 Å². The van der Waals surface area contributed by atoms with Gasteiger partial charge in [0.15, 0.2) is 5.56 Å². The summed E-state index contributed by atoms with van der Waals surface area (Å²) in [7, 11) is 1.22. The standard InChI is InChI=1S/C26H20N4O4/c1-33-26(32)21-22(29-20-12-11-18-9-5-6-10-19(18)15-20)23-24(28-14-13-27-23)30(25(21)31)34-16-17-7-3-2-4-8-17/h2-15,29H,16H2,1H3. The van der Waals surface area contributed by atoms with Gasteiger partial charge in [0.1, 0.15) is 12.1 Å². The number of fused-ring (bicyclic) bond motifs is 2. The van der Waals surface area contributed by atoms with Gasteiger partial charge in [-0.05, 0) is 28.5 Å². The highest BCUT2D eigenvalue weighted by Crippen LogP contribution is 2.28. The van der Waals surface area contributed by atoms with Gasteiger partial charge in [0, 0.05) is 18.1 Å². The van der Waals surface area contributed by atoms with Crippen molar-refractivity contribution in [2.45, 2.75) is 6.61 Å². The molecule has 0 atom stereocenters. The van der Waals surface area contributed by atoms with E-state index in [0.29, 0.717) is 11.2 Å². The number of pyridine rings is 1. The van der Waals surface area contributed by atoms with E-state index in [1.165, 1.54) is 19.5 Å². The fourth-order valence-electron chi connectivity index (χ4n) is 3.74. The fourth-order valence-corrected chi connectivity index (χ4v) is 3.74. The van der Waals surface area contributed by atoms with Crippen LogP contribution >= 0.6 is 0 Å². The number of hydrogen-bond acceptors (Lipinski definition) is 7. The Kier molecular flexibility index (Phi) is 5.61. The first-order chi connectivity index (χ1) is 16.7. The number of hydrogen-bond donors (Lipinski definition) is 1. The van der Waals surface area contributed by atoms with Crippen LogP contribution < -0.4 is 15.7 Å². The van der Waals surface area contributed by atoms with Gasteiger partial charge in [0.2, 0.25) is 5.65 Å². The quantitative estimate of drug-likeness (QED) is 0.388. The summed E-state index contributed by atoms with van der Waals surface area (Å²) in [4.78, 5) is 40.7. The van der Waals surface area contributed by atoms with Crippen molar-refractivity contribution in [3.8, 4) is 0 Å². The molecule has 1 N–H and O–H groups in total. The van der Waals surface area contributed by atoms with Crippen molar-refractivity contribution in [2.75, 3.05) is 12.4 Å². The van der Waals surface area contributed by atoms with Gasteiger partial charge in [-0.15, -0.1) is 4.73 Å². The van der Waals surface area contributed by atoms with E-state index in [4.69, 9.17) is 9.57 Å². The molecule has 0 saturated carbocycles. The Morgan fingerprint density at radius 2 is 1.68 bits per heavy atom. The Morgan fingerprint density at radius 1 is 0.941 bits per heavy atom. The molecule has 0 amide bonds. The minimum Gasteiger partial charge on any atom is -0.465 e. The van der Waals surface area contributed by atoms with Crippen molar-refractivity contribution >= 4 is 39.3 Å². The zero-order valence-corrected chi connectivity index (χ0v) is 18.3. The summed E-state index contributed by atoms with van der Waals surface area (Å²) in [5.74, 6) is -0.807. The van der Waals surface area contributed by atoms with Crippen molar-refractivity contribution in [1.29, 1.82) is 0 Å². The Hall–Kier alpha value is -4.72. The van der Waals surface area contributed by atoms with Gasteiger partial charge in [0.25, 0.3) is 0 Å². The number of anilines is 2. The lowest BCUT2D eigenvalue weighted by molar-refractivity contribution is 0.0585. The number of ether oxygens (including phenoxy) is 1. The third-order valence-corrected chi connectivity index (χ3v) is 5.37. The Labute approximate surface area is 194 Å². The monoisotopic (exact) mass is 452 g/mol. The van der Waals surface area contributed by atoms with Crippen molar-refractivity contribution in [1.82, 2.24) is 14.7 Å². The minimum absolute atomic E-state index is 0.102. The van der Waals surface area contributed by atoms with E-state index in [2.05, 4.69) is 15.3 Å². The van der Waals surface area contributed by atoms with Gasteiger partial charge in [-0.1, -0.05) is 60.7 Å². The number of aromatic nitrogens is 3. The molecule has 0 aliphatic heterocycles. The molecule has 0 bridgehead atoms. The molecule has 168 valence electrons. The predicted octanol–water partition coefficient (Wildman–Crippen LogP) is 4.10. The van der Waals surface area contributed by atoms with Crippen LogP contribution in [0.2, 0.25) is 0 Å². The smallest absolute Gasteiger partial charge is 0.345 e. The summed E-state index contributed by atoms with van der Waals surface area (Å²) in [6, 6.07) is 23.0. The molecule has 34 heavy (non-hydrogen) atoms. The van der Waals surface area contributed by atoms with Gasteiger partial charge < -0.3 is 14.9 Å². The van der Waals surface area contributed by atoms with Crippen molar-refractivity contribution < 1.29 is 14.4 Å². The number of carbonyl (C=O) groups is 1. The maximum absolute atomic E-state index is 13.5. The summed E-state index contributed by atoms with van der Waals surface area (Å²) < 4.78 is 5.93. The average Bonchev–Trinajstić information content (AvgIpc) is 2.88. The third kappa shape index (κ3) is 3.93. The van der Waals surface area contributed by atoms with Crippen LogP contribution in [-0.4, -0.2) is 27.8 Å². The summed E-state index contributed by atoms with van der Waals surface area (Å²) in [5, 5.41) is 5.26. The van der Waals surface area contributed by atoms with E-state index in [0.717, 1.165) is 21.1 Å². The Balaban J connectivity index is 1.66. The maximum atomic E-state index is 13.5. The lowest BCUT2D eigenvalue weighted by Crippen LogP contribution is -2.33. The van der Waals surface area contributed by atoms with E-state index >= 15 is 0 Å². The molecule has 0 radical (unpaired) electrons. The molecule has 0 spiro atoms. The molecular weight excluding hydrogens is 432 g/mol. The van der Waals surface area contributed by atoms with E-state index in [1.54, 1.807) is 0 Å². The van der Waals surface area contributed by atoms with E-state index < -0.39 is 11.5 Å². The minimum atomic E-state index is -0.807. The van der Waals surface area contributed by atoms with Crippen molar-refractivity contribution in [3.63, 3.8) is 0 Å². The number of carbonyl (C=O) groups excluding carboxylic acids is 1. The number of methoxy groups -OCH3 is 1. The van der Waals surface area contributed by atoms with Gasteiger partial charge in [-0.3, -0.25) is 4.79 Å². The molecular formula is C26H20N4O4. The van der Waals surface area contributed by atoms with Crippen LogP contribution in [0.1, 0.15) is 15.9 Å². The predicted molar refractivity (Wildman–Crippen MR) is 129 cm³/mol. The lowest BCUT2D eigenvalue weighted by Gasteiger charge is -2.17. The molecule has 2 heterocycles. The third-order valence-electron chi connectivity index (χ3n) is 5.37. The second-order valence-corrected chi connectivity index (χ2v) is 7.52. The van der Waals surface area contributed by atoms with Crippen LogP contribution in [0.15, 0.2) is 90.0 Å². The first-order valence-corrected chi connectivity index (χ1v) is 10.6. The molecule has 2 aromatic heterocycles. The number of nitrogens with one attached hydrogen (secondary N) is 1. The molecule has 0 aliphatic carbocycles. The molecule has 3 aromatic carbocycles. The molecule has 8 heteroatoms. The second-order valence-electron chi connectivity index (χ2n) is 7.52. The number of nitrogens with zero attached hydrogens (tertiary/aromatic N) is 3. The van der Waals surface area contributed by atoms with Gasteiger partial charge in [0.05, 0.1) is 12.8 Å². The first kappa shape index (κ1) is 21.1. The van der Waals surface area contributed by atoms with Crippen LogP contribution in [0.4, 0.5) is 11.4 Å². The highest BCUT2D eigenvalue weighted by atomic mass is 16.7. The molecule has 0 aliphatic rings. The molecule has 5 rings (SSSR count). The Morgan fingerprint density at radius 3 is 2.47 bits per heavy atom. The van der Waals surface area contributed by atoms with Crippen molar-refractivity contribution in [3.05, 3.63) is 107 Å². The lowest BCUT2D eigenvalue weighted by atomic mass is 10.1. The van der Waals surface area contributed by atoms with Crippen LogP contribution in [0.25, 0.3) is 21.9 Å². The zero-order valence-electron chi connectivity index (χ0n) is 18.3. The van der Waals surface area contributed by atoms with Gasteiger partial charge >= 0.3 is 11.5 Å². The normalized spacial score (nSPS) is 10.9. The first-order valence-electron chi connectivity index (χ1n) is 10.6. The molecule has 5 aromatic rings. The molecule has 8 nitrogen and oxygen atoms in total. The second kappa shape index (κ2) is 9.03. The van der Waals surface area contributed by atoms with Crippen LogP contribution in [0, 0.1) is 0 Å². The maximum Gasteiger partial charge on any atom is 0.345 e. The van der Waals surface area contributed by atoms with E-state index in [1.807, 2.05) is 72.8 Å². The molecule has 0 fully saturated rings. The van der Waals surface area contributed by atoms with Gasteiger partial charge in [-0.2, -0.15) is 0 Å². The fraction of sp³-hybridized carbons (Fsp3) is 0.0769. The highest BCUT2D eigenvalue weighted by molar-refractivity contribution is 6.04. The number of benzene rings is 3. The summed E-state index contributed by atoms with van der Waals surface area (Å²) in [6.45, 7) is 0.102. The van der Waals surface area contributed by atoms with E-state index in [-0.39, 0.29) is 23.5 Å². The Bertz CT molecular complexity index is 1560. The zero-order chi connectivity index (χ0) is 23.5. The van der Waals surface area contributed by atoms with Gasteiger partial charge in [-0.25, -0.2) is 14.8 Å². The van der Waals surface area contributed by atoms with E-state index in [9.17, 15) is 9.59 Å². The summed E-state index contributed by atoms with van der Waals surface area (Å²) >= 11 is 0. The number of rotatable bonds is 6. The SMILES string of the molecule is COC(=O)c1c(Nc2ccc3ccccc3c2)c2nccnc2n(OCc2ccccc2)c1=O. The summed E-state index contributed by atoms with van der Waals surface area (Å²) in [6.07, 6.45) is 2.95. The summed E-state index contributed by atoms with van der Waals surface area (Å²) in [5.41, 5.74) is 1.29. The molecule has 0 unspecified atom stereocenters. The van der Waals surface area contributed by atoms with Crippen LogP contribution in [0.5, 0.6) is 0 Å². The average molecular weight is 452 g/mol. The number of esters is 1. The highest BCUT2D eigenvalue weighted by Gasteiger charge is 2.26. The van der Waals surface area contributed by atoms with Crippen molar-refractivity contribution in [2.24, 2.45) is 0 Å². The molecule has 0 saturated heterocycles. The topological polar surface area (TPSA) is 95.3 Å².